The smallest absolute Gasteiger partial charge is 0.335 e. The van der Waals surface area contributed by atoms with Gasteiger partial charge in [-0.15, -0.1) is 0 Å². The second kappa shape index (κ2) is 11.9. The van der Waals surface area contributed by atoms with Gasteiger partial charge in [-0.05, 0) is 106 Å². The number of rotatable bonds is 8. The first-order chi connectivity index (χ1) is 18.1. The van der Waals surface area contributed by atoms with Crippen molar-refractivity contribution < 1.29 is 29.0 Å². The summed E-state index contributed by atoms with van der Waals surface area (Å²) >= 11 is 4.25. The molecule has 0 radical (unpaired) electrons. The van der Waals surface area contributed by atoms with Crippen molar-refractivity contribution in [3.63, 3.8) is 0 Å². The molecule has 1 fully saturated rings. The minimum Gasteiger partial charge on any atom is -0.487 e. The molecule has 0 bridgehead atoms. The van der Waals surface area contributed by atoms with Crippen LogP contribution in [0.15, 0.2) is 66.4 Å². The Morgan fingerprint density at radius 3 is 2.26 bits per heavy atom. The molecule has 38 heavy (non-hydrogen) atoms. The molecule has 194 valence electrons. The molecule has 0 saturated carbocycles. The van der Waals surface area contributed by atoms with Crippen LogP contribution < -0.4 is 15.4 Å². The van der Waals surface area contributed by atoms with Crippen LogP contribution in [-0.4, -0.2) is 40.4 Å². The summed E-state index contributed by atoms with van der Waals surface area (Å²) in [6, 6.07) is 16.6. The molecule has 11 heteroatoms. The van der Waals surface area contributed by atoms with E-state index in [4.69, 9.17) is 9.84 Å². The van der Waals surface area contributed by atoms with Crippen LogP contribution in [0, 0.1) is 14.1 Å². The molecule has 1 heterocycles. The van der Waals surface area contributed by atoms with Gasteiger partial charge in [0.2, 0.25) is 5.91 Å². The summed E-state index contributed by atoms with van der Waals surface area (Å²) in [4.78, 5) is 49.5. The second-order valence-electron chi connectivity index (χ2n) is 8.40. The van der Waals surface area contributed by atoms with E-state index < -0.39 is 30.4 Å². The fourth-order valence-corrected chi connectivity index (χ4v) is 5.69. The van der Waals surface area contributed by atoms with E-state index in [9.17, 15) is 19.2 Å². The zero-order valence-electron chi connectivity index (χ0n) is 20.0. The number of carboxylic acid groups (broad SMARTS) is 1. The third-order valence-electron chi connectivity index (χ3n) is 5.52. The summed E-state index contributed by atoms with van der Waals surface area (Å²) in [5, 5.41) is 14.2. The monoisotopic (exact) mass is 737 g/mol. The van der Waals surface area contributed by atoms with Crippen molar-refractivity contribution >= 4 is 80.8 Å². The number of amides is 4. The van der Waals surface area contributed by atoms with Crippen LogP contribution in [0.1, 0.15) is 27.0 Å². The van der Waals surface area contributed by atoms with Crippen molar-refractivity contribution in [2.75, 3.05) is 11.9 Å². The van der Waals surface area contributed by atoms with E-state index in [0.717, 1.165) is 23.2 Å². The van der Waals surface area contributed by atoms with Gasteiger partial charge < -0.3 is 20.5 Å². The molecule has 1 aliphatic heterocycles. The number of carboxylic acids is 1. The van der Waals surface area contributed by atoms with Crippen LogP contribution >= 0.6 is 45.2 Å². The lowest BCUT2D eigenvalue weighted by Gasteiger charge is -2.12. The predicted octanol–water partition coefficient (Wildman–Crippen LogP) is 5.01. The zero-order valence-corrected chi connectivity index (χ0v) is 24.3. The Morgan fingerprint density at radius 2 is 1.66 bits per heavy atom. The molecular formula is C27H21I2N3O6. The number of ether oxygens (including phenoxy) is 1. The van der Waals surface area contributed by atoms with E-state index in [1.807, 2.05) is 31.2 Å². The van der Waals surface area contributed by atoms with Crippen molar-refractivity contribution in [1.29, 1.82) is 0 Å². The molecule has 0 aromatic heterocycles. The summed E-state index contributed by atoms with van der Waals surface area (Å²) in [6.45, 7) is 1.77. The molecule has 4 amide bonds. The molecule has 3 aromatic rings. The SMILES string of the molecule is Cc1ccc(NC(=O)CN2C(=O)N/C(=C/c3cc(I)c(OCc4ccc(C(=O)O)cc4)c(I)c3)C2=O)cc1. The van der Waals surface area contributed by atoms with Crippen molar-refractivity contribution in [3.8, 4) is 5.75 Å². The number of nitrogens with zero attached hydrogens (tertiary/aromatic N) is 1. The van der Waals surface area contributed by atoms with E-state index in [1.165, 1.54) is 12.1 Å². The van der Waals surface area contributed by atoms with E-state index in [-0.39, 0.29) is 17.9 Å². The lowest BCUT2D eigenvalue weighted by molar-refractivity contribution is -0.127. The van der Waals surface area contributed by atoms with E-state index in [0.29, 0.717) is 17.0 Å². The van der Waals surface area contributed by atoms with Crippen LogP contribution in [0.2, 0.25) is 0 Å². The fraction of sp³-hybridized carbons (Fsp3) is 0.111. The quantitative estimate of drug-likeness (QED) is 0.170. The van der Waals surface area contributed by atoms with E-state index in [2.05, 4.69) is 55.8 Å². The normalized spacial score (nSPS) is 14.0. The van der Waals surface area contributed by atoms with Gasteiger partial charge >= 0.3 is 12.0 Å². The maximum Gasteiger partial charge on any atom is 0.335 e. The maximum atomic E-state index is 12.8. The van der Waals surface area contributed by atoms with Crippen LogP contribution in [0.25, 0.3) is 6.08 Å². The van der Waals surface area contributed by atoms with Crippen molar-refractivity contribution in [3.05, 3.63) is 95.8 Å². The summed E-state index contributed by atoms with van der Waals surface area (Å²) < 4.78 is 7.53. The highest BCUT2D eigenvalue weighted by atomic mass is 127. The minimum atomic E-state index is -0.989. The fourth-order valence-electron chi connectivity index (χ4n) is 3.56. The second-order valence-corrected chi connectivity index (χ2v) is 10.7. The summed E-state index contributed by atoms with van der Waals surface area (Å²) in [5.41, 5.74) is 3.38. The predicted molar refractivity (Wildman–Crippen MR) is 158 cm³/mol. The summed E-state index contributed by atoms with van der Waals surface area (Å²) in [6.07, 6.45) is 1.55. The Labute approximate surface area is 245 Å². The average molecular weight is 737 g/mol. The van der Waals surface area contributed by atoms with Gasteiger partial charge in [0.05, 0.1) is 12.7 Å². The van der Waals surface area contributed by atoms with Crippen LogP contribution in [0.3, 0.4) is 0 Å². The molecule has 3 aromatic carbocycles. The molecule has 1 saturated heterocycles. The van der Waals surface area contributed by atoms with Gasteiger partial charge in [-0.2, -0.15) is 0 Å². The number of carbonyl (C=O) groups excluding carboxylic acids is 3. The molecule has 4 rings (SSSR count). The van der Waals surface area contributed by atoms with Gasteiger partial charge in [-0.1, -0.05) is 29.8 Å². The van der Waals surface area contributed by atoms with Crippen molar-refractivity contribution in [1.82, 2.24) is 10.2 Å². The molecular weight excluding hydrogens is 716 g/mol. The highest BCUT2D eigenvalue weighted by molar-refractivity contribution is 14.1. The van der Waals surface area contributed by atoms with Gasteiger partial charge in [0, 0.05) is 5.69 Å². The third kappa shape index (κ3) is 6.69. The van der Waals surface area contributed by atoms with E-state index >= 15 is 0 Å². The first-order valence-electron chi connectivity index (χ1n) is 11.3. The highest BCUT2D eigenvalue weighted by Gasteiger charge is 2.35. The highest BCUT2D eigenvalue weighted by Crippen LogP contribution is 2.31. The number of aryl methyl sites for hydroxylation is 1. The Hall–Kier alpha value is -3.46. The number of hydrogen-bond acceptors (Lipinski definition) is 5. The van der Waals surface area contributed by atoms with Crippen molar-refractivity contribution in [2.24, 2.45) is 0 Å². The summed E-state index contributed by atoms with van der Waals surface area (Å²) in [5.74, 6) is -1.42. The topological polar surface area (TPSA) is 125 Å². The lowest BCUT2D eigenvalue weighted by Crippen LogP contribution is -2.38. The molecule has 9 nitrogen and oxygen atoms in total. The standard InChI is InChI=1S/C27H21I2N3O6/c1-15-2-8-19(9-3-15)30-23(33)13-32-25(34)22(31-27(32)37)12-17-10-20(28)24(21(29)11-17)38-14-16-4-6-18(7-5-16)26(35)36/h2-12H,13-14H2,1H3,(H,30,33)(H,31,37)(H,35,36)/b22-12+. The number of aromatic carboxylic acids is 1. The average Bonchev–Trinajstić information content (AvgIpc) is 3.12. The maximum absolute atomic E-state index is 12.8. The van der Waals surface area contributed by atoms with Crippen LogP contribution in [0.5, 0.6) is 5.75 Å². The first-order valence-corrected chi connectivity index (χ1v) is 13.4. The number of carbonyl (C=O) groups is 4. The number of benzene rings is 3. The molecule has 0 atom stereocenters. The number of nitrogens with one attached hydrogen (secondary N) is 2. The van der Waals surface area contributed by atoms with Gasteiger partial charge in [0.15, 0.2) is 0 Å². The Kier molecular flexibility index (Phi) is 8.66. The number of urea groups is 1. The van der Waals surface area contributed by atoms with Crippen LogP contribution in [0.4, 0.5) is 10.5 Å². The summed E-state index contributed by atoms with van der Waals surface area (Å²) in [7, 11) is 0. The Morgan fingerprint density at radius 1 is 1.03 bits per heavy atom. The minimum absolute atomic E-state index is 0.0666. The number of halogens is 2. The third-order valence-corrected chi connectivity index (χ3v) is 7.12. The Balaban J connectivity index is 1.42. The number of imide groups is 1. The number of anilines is 1. The number of hydrogen-bond donors (Lipinski definition) is 3. The van der Waals surface area contributed by atoms with Gasteiger partial charge in [-0.3, -0.25) is 9.59 Å². The van der Waals surface area contributed by atoms with Gasteiger partial charge in [0.25, 0.3) is 5.91 Å². The molecule has 1 aliphatic rings. The molecule has 0 aliphatic carbocycles. The van der Waals surface area contributed by atoms with Crippen LogP contribution in [-0.2, 0) is 16.2 Å². The van der Waals surface area contributed by atoms with Crippen molar-refractivity contribution in [2.45, 2.75) is 13.5 Å². The zero-order chi connectivity index (χ0) is 27.4. The molecule has 0 unspecified atom stereocenters. The van der Waals surface area contributed by atoms with Gasteiger partial charge in [0.1, 0.15) is 24.6 Å². The molecule has 0 spiro atoms. The van der Waals surface area contributed by atoms with E-state index in [1.54, 1.807) is 30.3 Å². The Bertz CT molecular complexity index is 1430. The first kappa shape index (κ1) is 27.6. The van der Waals surface area contributed by atoms with Gasteiger partial charge in [-0.25, -0.2) is 14.5 Å². The largest absolute Gasteiger partial charge is 0.487 e. The lowest BCUT2D eigenvalue weighted by atomic mass is 10.1. The molecule has 3 N–H and O–H groups in total.